The topological polar surface area (TPSA) is 51.7 Å². The number of ether oxygens (including phenoxy) is 2. The fraction of sp³-hybridized carbons (Fsp3) is 0.273. The number of amides is 1. The number of carbonyl (C=O) groups excluding carboxylic acids is 1. The van der Waals surface area contributed by atoms with Crippen LogP contribution < -0.4 is 9.47 Å². The molecule has 3 aromatic rings. The third-order valence-electron chi connectivity index (χ3n) is 4.89. The molecule has 0 aliphatic carbocycles. The van der Waals surface area contributed by atoms with E-state index in [9.17, 15) is 18.0 Å². The van der Waals surface area contributed by atoms with Crippen LogP contribution in [0.1, 0.15) is 22.8 Å². The van der Waals surface area contributed by atoms with Crippen molar-refractivity contribution in [2.24, 2.45) is 0 Å². The van der Waals surface area contributed by atoms with E-state index in [0.29, 0.717) is 31.0 Å². The maximum absolute atomic E-state index is 13.1. The number of pyridine rings is 1. The second-order valence-electron chi connectivity index (χ2n) is 6.93. The zero-order valence-corrected chi connectivity index (χ0v) is 16.1. The third kappa shape index (κ3) is 3.90. The second-order valence-corrected chi connectivity index (χ2v) is 6.93. The molecule has 0 bridgehead atoms. The first kappa shape index (κ1) is 20.0. The number of benzene rings is 2. The molecule has 1 amide bonds. The molecule has 2 heterocycles. The molecule has 1 aliphatic rings. The Bertz CT molecular complexity index is 1060. The molecule has 1 aliphatic heterocycles. The van der Waals surface area contributed by atoms with Crippen LogP contribution in [-0.4, -0.2) is 41.6 Å². The summed E-state index contributed by atoms with van der Waals surface area (Å²) in [6.07, 6.45) is -4.03. The van der Waals surface area contributed by atoms with Crippen molar-refractivity contribution in [2.75, 3.05) is 19.7 Å². The van der Waals surface area contributed by atoms with Gasteiger partial charge in [-0.3, -0.25) is 4.79 Å². The van der Waals surface area contributed by atoms with Crippen LogP contribution in [0, 0.1) is 0 Å². The first-order valence-corrected chi connectivity index (χ1v) is 9.50. The van der Waals surface area contributed by atoms with Gasteiger partial charge in [0.2, 0.25) is 5.88 Å². The van der Waals surface area contributed by atoms with Crippen LogP contribution in [0.5, 0.6) is 11.6 Å². The van der Waals surface area contributed by atoms with Gasteiger partial charge in [0.05, 0.1) is 30.8 Å². The SMILES string of the molecule is CCOc1ccc2ccccc2c1C(=O)N1CC(Oc2ccc(C(F)(F)F)cn2)C1. The lowest BCUT2D eigenvalue weighted by Crippen LogP contribution is -2.56. The molecule has 4 rings (SSSR count). The smallest absolute Gasteiger partial charge is 0.417 e. The normalized spacial score (nSPS) is 14.5. The summed E-state index contributed by atoms with van der Waals surface area (Å²) < 4.78 is 49.1. The summed E-state index contributed by atoms with van der Waals surface area (Å²) in [5.74, 6) is 0.450. The van der Waals surface area contributed by atoms with E-state index in [4.69, 9.17) is 9.47 Å². The monoisotopic (exact) mass is 416 g/mol. The molecular weight excluding hydrogens is 397 g/mol. The molecule has 0 saturated carbocycles. The van der Waals surface area contributed by atoms with Crippen molar-refractivity contribution in [3.63, 3.8) is 0 Å². The third-order valence-corrected chi connectivity index (χ3v) is 4.89. The minimum Gasteiger partial charge on any atom is -0.493 e. The molecule has 8 heteroatoms. The summed E-state index contributed by atoms with van der Waals surface area (Å²) in [6.45, 7) is 2.92. The minimum atomic E-state index is -4.44. The summed E-state index contributed by atoms with van der Waals surface area (Å²) in [6, 6.07) is 13.4. The molecule has 2 aromatic carbocycles. The van der Waals surface area contributed by atoms with Crippen molar-refractivity contribution < 1.29 is 27.4 Å². The Labute approximate surface area is 171 Å². The molecule has 1 saturated heterocycles. The molecule has 0 unspecified atom stereocenters. The molecule has 0 atom stereocenters. The van der Waals surface area contributed by atoms with Crippen molar-refractivity contribution in [3.8, 4) is 11.6 Å². The highest BCUT2D eigenvalue weighted by atomic mass is 19.4. The largest absolute Gasteiger partial charge is 0.493 e. The van der Waals surface area contributed by atoms with Crippen molar-refractivity contribution in [1.82, 2.24) is 9.88 Å². The lowest BCUT2D eigenvalue weighted by molar-refractivity contribution is -0.137. The Morgan fingerprint density at radius 3 is 2.57 bits per heavy atom. The zero-order valence-electron chi connectivity index (χ0n) is 16.1. The van der Waals surface area contributed by atoms with E-state index in [1.165, 1.54) is 6.07 Å². The summed E-state index contributed by atoms with van der Waals surface area (Å²) in [4.78, 5) is 18.5. The van der Waals surface area contributed by atoms with Gasteiger partial charge in [0.25, 0.3) is 5.91 Å². The summed E-state index contributed by atoms with van der Waals surface area (Å²) >= 11 is 0. The van der Waals surface area contributed by atoms with Gasteiger partial charge in [-0.2, -0.15) is 13.2 Å². The maximum Gasteiger partial charge on any atom is 0.417 e. The fourth-order valence-electron chi connectivity index (χ4n) is 3.37. The van der Waals surface area contributed by atoms with Gasteiger partial charge in [-0.25, -0.2) is 4.98 Å². The number of hydrogen-bond donors (Lipinski definition) is 0. The van der Waals surface area contributed by atoms with Gasteiger partial charge in [0.1, 0.15) is 11.9 Å². The van der Waals surface area contributed by atoms with Gasteiger partial charge in [-0.05, 0) is 29.8 Å². The Morgan fingerprint density at radius 2 is 1.90 bits per heavy atom. The lowest BCUT2D eigenvalue weighted by atomic mass is 10.0. The Morgan fingerprint density at radius 1 is 1.13 bits per heavy atom. The maximum atomic E-state index is 13.1. The number of rotatable bonds is 5. The summed E-state index contributed by atoms with van der Waals surface area (Å²) in [5, 5.41) is 1.74. The number of hydrogen-bond acceptors (Lipinski definition) is 4. The predicted octanol–water partition coefficient (Wildman–Crippen LogP) is 4.56. The van der Waals surface area contributed by atoms with E-state index >= 15 is 0 Å². The Kier molecular flexibility index (Phi) is 5.24. The van der Waals surface area contributed by atoms with Gasteiger partial charge < -0.3 is 14.4 Å². The first-order valence-electron chi connectivity index (χ1n) is 9.50. The van der Waals surface area contributed by atoms with Crippen LogP contribution in [0.4, 0.5) is 13.2 Å². The van der Waals surface area contributed by atoms with Crippen LogP contribution in [-0.2, 0) is 6.18 Å². The van der Waals surface area contributed by atoms with Gasteiger partial charge in [0.15, 0.2) is 0 Å². The molecule has 1 aromatic heterocycles. The highest BCUT2D eigenvalue weighted by Crippen LogP contribution is 2.32. The van der Waals surface area contributed by atoms with Crippen molar-refractivity contribution in [1.29, 1.82) is 0 Å². The van der Waals surface area contributed by atoms with Gasteiger partial charge >= 0.3 is 6.18 Å². The van der Waals surface area contributed by atoms with Gasteiger partial charge in [0, 0.05) is 12.3 Å². The number of alkyl halides is 3. The second kappa shape index (κ2) is 7.85. The van der Waals surface area contributed by atoms with E-state index in [1.807, 2.05) is 37.3 Å². The summed E-state index contributed by atoms with van der Waals surface area (Å²) in [7, 11) is 0. The molecule has 156 valence electrons. The number of fused-ring (bicyclic) bond motifs is 1. The van der Waals surface area contributed by atoms with Gasteiger partial charge in [-0.1, -0.05) is 30.3 Å². The van der Waals surface area contributed by atoms with Gasteiger partial charge in [-0.15, -0.1) is 0 Å². The molecule has 0 radical (unpaired) electrons. The minimum absolute atomic E-state index is 0.0975. The van der Waals surface area contributed by atoms with Crippen molar-refractivity contribution >= 4 is 16.7 Å². The van der Waals surface area contributed by atoms with E-state index < -0.39 is 11.7 Å². The molecule has 1 fully saturated rings. The highest BCUT2D eigenvalue weighted by molar-refractivity contribution is 6.09. The number of likely N-dealkylation sites (tertiary alicyclic amines) is 1. The average Bonchev–Trinajstić information content (AvgIpc) is 2.69. The molecule has 5 nitrogen and oxygen atoms in total. The van der Waals surface area contributed by atoms with E-state index in [2.05, 4.69) is 4.98 Å². The number of nitrogens with zero attached hydrogens (tertiary/aromatic N) is 2. The van der Waals surface area contributed by atoms with Crippen LogP contribution in [0.25, 0.3) is 10.8 Å². The quantitative estimate of drug-likeness (QED) is 0.612. The van der Waals surface area contributed by atoms with E-state index in [-0.39, 0.29) is 17.9 Å². The molecule has 30 heavy (non-hydrogen) atoms. The van der Waals surface area contributed by atoms with Crippen molar-refractivity contribution in [2.45, 2.75) is 19.2 Å². The summed E-state index contributed by atoms with van der Waals surface area (Å²) in [5.41, 5.74) is -0.333. The standard InChI is InChI=1S/C22H19F3N2O3/c1-2-29-18-9-7-14-5-3-4-6-17(14)20(18)21(28)27-12-16(13-27)30-19-10-8-15(11-26-19)22(23,24)25/h3-11,16H,2,12-13H2,1H3. The number of halogens is 3. The first-order chi connectivity index (χ1) is 14.4. The number of aromatic nitrogens is 1. The molecular formula is C22H19F3N2O3. The lowest BCUT2D eigenvalue weighted by Gasteiger charge is -2.39. The van der Waals surface area contributed by atoms with Crippen molar-refractivity contribution in [3.05, 3.63) is 65.9 Å². The molecule has 0 N–H and O–H groups in total. The zero-order chi connectivity index (χ0) is 21.3. The molecule has 0 spiro atoms. The van der Waals surface area contributed by atoms with Crippen LogP contribution >= 0.6 is 0 Å². The fourth-order valence-corrected chi connectivity index (χ4v) is 3.37. The Balaban J connectivity index is 1.46. The highest BCUT2D eigenvalue weighted by Gasteiger charge is 2.35. The Hall–Kier alpha value is -3.29. The van der Waals surface area contributed by atoms with E-state index in [1.54, 1.807) is 11.0 Å². The number of carbonyl (C=O) groups is 1. The average molecular weight is 416 g/mol. The predicted molar refractivity (Wildman–Crippen MR) is 105 cm³/mol. The van der Waals surface area contributed by atoms with E-state index in [0.717, 1.165) is 23.0 Å². The van der Waals surface area contributed by atoms with Crippen LogP contribution in [0.3, 0.4) is 0 Å². The van der Waals surface area contributed by atoms with Crippen LogP contribution in [0.2, 0.25) is 0 Å². The van der Waals surface area contributed by atoms with Crippen LogP contribution in [0.15, 0.2) is 54.7 Å².